The summed E-state index contributed by atoms with van der Waals surface area (Å²) in [6, 6.07) is 6.76. The lowest BCUT2D eigenvalue weighted by Gasteiger charge is -2.19. The van der Waals surface area contributed by atoms with Crippen molar-refractivity contribution in [3.63, 3.8) is 0 Å². The molecule has 1 N–H and O–H groups in total. The minimum absolute atomic E-state index is 0.128. The van der Waals surface area contributed by atoms with Crippen molar-refractivity contribution in [1.82, 2.24) is 5.48 Å². The van der Waals surface area contributed by atoms with Gasteiger partial charge >= 0.3 is 0 Å². The van der Waals surface area contributed by atoms with Crippen LogP contribution in [0.5, 0.6) is 0 Å². The molecular weight excluding hydrogens is 198 g/mol. The van der Waals surface area contributed by atoms with Crippen molar-refractivity contribution in [2.45, 2.75) is 52.2 Å². The van der Waals surface area contributed by atoms with Crippen LogP contribution in [0.15, 0.2) is 18.2 Å². The Morgan fingerprint density at radius 2 is 1.94 bits per heavy atom. The Bertz CT molecular complexity index is 365. The molecule has 0 aromatic heterocycles. The van der Waals surface area contributed by atoms with Crippen LogP contribution in [-0.2, 0) is 24.2 Å². The molecule has 1 aromatic carbocycles. The Morgan fingerprint density at radius 3 is 2.69 bits per heavy atom. The maximum absolute atomic E-state index is 5.50. The summed E-state index contributed by atoms with van der Waals surface area (Å²) in [6.45, 7) is 6.92. The Labute approximate surface area is 98.0 Å². The zero-order chi connectivity index (χ0) is 11.6. The summed E-state index contributed by atoms with van der Waals surface area (Å²) in [4.78, 5) is 5.50. The van der Waals surface area contributed by atoms with E-state index in [1.165, 1.54) is 36.0 Å². The molecule has 0 unspecified atom stereocenters. The van der Waals surface area contributed by atoms with Crippen LogP contribution in [-0.4, -0.2) is 5.60 Å². The van der Waals surface area contributed by atoms with E-state index in [9.17, 15) is 0 Å². The third-order valence-electron chi connectivity index (χ3n) is 2.82. The van der Waals surface area contributed by atoms with Gasteiger partial charge in [0.05, 0.1) is 5.60 Å². The monoisotopic (exact) mass is 219 g/mol. The van der Waals surface area contributed by atoms with Crippen molar-refractivity contribution in [2.75, 3.05) is 0 Å². The van der Waals surface area contributed by atoms with Crippen molar-refractivity contribution < 1.29 is 4.84 Å². The summed E-state index contributed by atoms with van der Waals surface area (Å²) in [5.41, 5.74) is 7.27. The molecule has 0 spiro atoms. The quantitative estimate of drug-likeness (QED) is 0.789. The molecule has 16 heavy (non-hydrogen) atoms. The SMILES string of the molecule is CC(C)(C)ONCc1ccc2c(c1)CCC2. The Morgan fingerprint density at radius 1 is 1.19 bits per heavy atom. The molecule has 0 atom stereocenters. The third kappa shape index (κ3) is 3.06. The van der Waals surface area contributed by atoms with Gasteiger partial charge in [0.2, 0.25) is 0 Å². The second-order valence-electron chi connectivity index (χ2n) is 5.49. The molecule has 0 bridgehead atoms. The first kappa shape index (κ1) is 11.6. The summed E-state index contributed by atoms with van der Waals surface area (Å²) >= 11 is 0. The standard InChI is InChI=1S/C14H21NO/c1-14(2,3)16-15-10-11-7-8-12-5-4-6-13(12)9-11/h7-9,15H,4-6,10H2,1-3H3. The highest BCUT2D eigenvalue weighted by Crippen LogP contribution is 2.22. The predicted molar refractivity (Wildman–Crippen MR) is 66.1 cm³/mol. The highest BCUT2D eigenvalue weighted by atomic mass is 16.7. The predicted octanol–water partition coefficient (Wildman–Crippen LogP) is 3.00. The van der Waals surface area contributed by atoms with E-state index < -0.39 is 0 Å². The van der Waals surface area contributed by atoms with Crippen LogP contribution >= 0.6 is 0 Å². The molecule has 0 saturated heterocycles. The van der Waals surface area contributed by atoms with Crippen LogP contribution < -0.4 is 5.48 Å². The smallest absolute Gasteiger partial charge is 0.0813 e. The molecule has 1 aromatic rings. The zero-order valence-electron chi connectivity index (χ0n) is 10.5. The maximum atomic E-state index is 5.50. The first-order valence-electron chi connectivity index (χ1n) is 6.06. The van der Waals surface area contributed by atoms with Crippen molar-refractivity contribution in [2.24, 2.45) is 0 Å². The molecule has 0 heterocycles. The maximum Gasteiger partial charge on any atom is 0.0813 e. The number of aryl methyl sites for hydroxylation is 2. The van der Waals surface area contributed by atoms with Crippen LogP contribution in [0.25, 0.3) is 0 Å². The van der Waals surface area contributed by atoms with Gasteiger partial charge in [-0.2, -0.15) is 5.48 Å². The molecule has 1 aliphatic rings. The number of benzene rings is 1. The number of hydrogen-bond acceptors (Lipinski definition) is 2. The lowest BCUT2D eigenvalue weighted by molar-refractivity contribution is -0.0757. The number of rotatable bonds is 3. The van der Waals surface area contributed by atoms with E-state index in [-0.39, 0.29) is 5.60 Å². The molecule has 2 nitrogen and oxygen atoms in total. The molecule has 88 valence electrons. The summed E-state index contributed by atoms with van der Waals surface area (Å²) in [5, 5.41) is 0. The lowest BCUT2D eigenvalue weighted by atomic mass is 10.1. The molecule has 2 heteroatoms. The van der Waals surface area contributed by atoms with Crippen molar-refractivity contribution in [1.29, 1.82) is 0 Å². The highest BCUT2D eigenvalue weighted by Gasteiger charge is 2.12. The van der Waals surface area contributed by atoms with Gasteiger partial charge in [-0.3, -0.25) is 4.84 Å². The fourth-order valence-electron chi connectivity index (χ4n) is 2.07. The summed E-state index contributed by atoms with van der Waals surface area (Å²) in [5.74, 6) is 0. The van der Waals surface area contributed by atoms with Crippen LogP contribution in [0, 0.1) is 0 Å². The van der Waals surface area contributed by atoms with Crippen molar-refractivity contribution >= 4 is 0 Å². The summed E-state index contributed by atoms with van der Waals surface area (Å²) in [6.07, 6.45) is 3.80. The topological polar surface area (TPSA) is 21.3 Å². The first-order valence-corrected chi connectivity index (χ1v) is 6.06. The Kier molecular flexibility index (Phi) is 3.31. The van der Waals surface area contributed by atoms with E-state index in [1.54, 1.807) is 0 Å². The number of hydrogen-bond donors (Lipinski definition) is 1. The van der Waals surface area contributed by atoms with E-state index in [0.29, 0.717) is 0 Å². The van der Waals surface area contributed by atoms with Crippen LogP contribution in [0.3, 0.4) is 0 Å². The normalized spacial score (nSPS) is 15.2. The first-order chi connectivity index (χ1) is 7.54. The molecule has 0 radical (unpaired) electrons. The fourth-order valence-corrected chi connectivity index (χ4v) is 2.07. The third-order valence-corrected chi connectivity index (χ3v) is 2.82. The number of fused-ring (bicyclic) bond motifs is 1. The minimum atomic E-state index is -0.128. The van der Waals surface area contributed by atoms with Gasteiger partial charge in [0.1, 0.15) is 0 Å². The molecule has 0 fully saturated rings. The van der Waals surface area contributed by atoms with Gasteiger partial charge in [-0.15, -0.1) is 0 Å². The zero-order valence-corrected chi connectivity index (χ0v) is 10.5. The van der Waals surface area contributed by atoms with Crippen molar-refractivity contribution in [3.8, 4) is 0 Å². The van der Waals surface area contributed by atoms with Gasteiger partial charge in [-0.05, 0) is 56.7 Å². The van der Waals surface area contributed by atoms with Crippen LogP contribution in [0.1, 0.15) is 43.9 Å². The molecule has 0 amide bonds. The fraction of sp³-hybridized carbons (Fsp3) is 0.571. The van der Waals surface area contributed by atoms with E-state index in [4.69, 9.17) is 4.84 Å². The average molecular weight is 219 g/mol. The van der Waals surface area contributed by atoms with Gasteiger partial charge < -0.3 is 0 Å². The minimum Gasteiger partial charge on any atom is -0.296 e. The second kappa shape index (κ2) is 4.56. The van der Waals surface area contributed by atoms with Gasteiger partial charge in [-0.25, -0.2) is 0 Å². The Balaban J connectivity index is 1.91. The number of nitrogens with one attached hydrogen (secondary N) is 1. The van der Waals surface area contributed by atoms with Crippen molar-refractivity contribution in [3.05, 3.63) is 34.9 Å². The average Bonchev–Trinajstić information content (AvgIpc) is 2.62. The molecule has 0 saturated carbocycles. The Hall–Kier alpha value is -0.860. The lowest BCUT2D eigenvalue weighted by Crippen LogP contribution is -2.28. The number of hydroxylamine groups is 1. The summed E-state index contributed by atoms with van der Waals surface area (Å²) in [7, 11) is 0. The second-order valence-corrected chi connectivity index (χ2v) is 5.49. The van der Waals surface area contributed by atoms with E-state index in [1.807, 2.05) is 20.8 Å². The van der Waals surface area contributed by atoms with E-state index in [0.717, 1.165) is 6.54 Å². The molecule has 1 aliphatic carbocycles. The highest BCUT2D eigenvalue weighted by molar-refractivity contribution is 5.35. The van der Waals surface area contributed by atoms with Crippen LogP contribution in [0.2, 0.25) is 0 Å². The van der Waals surface area contributed by atoms with E-state index >= 15 is 0 Å². The molecular formula is C14H21NO. The largest absolute Gasteiger partial charge is 0.296 e. The van der Waals surface area contributed by atoms with Gasteiger partial charge in [-0.1, -0.05) is 18.2 Å². The van der Waals surface area contributed by atoms with Gasteiger partial charge in [0.15, 0.2) is 0 Å². The summed E-state index contributed by atoms with van der Waals surface area (Å²) < 4.78 is 0. The van der Waals surface area contributed by atoms with E-state index in [2.05, 4.69) is 23.7 Å². The molecule has 0 aliphatic heterocycles. The van der Waals surface area contributed by atoms with Gasteiger partial charge in [0, 0.05) is 6.54 Å². The van der Waals surface area contributed by atoms with Crippen LogP contribution in [0.4, 0.5) is 0 Å². The van der Waals surface area contributed by atoms with Gasteiger partial charge in [0.25, 0.3) is 0 Å². The molecule has 2 rings (SSSR count).